The summed E-state index contributed by atoms with van der Waals surface area (Å²) in [5, 5.41) is 14.0. The Morgan fingerprint density at radius 1 is 0.557 bits per heavy atom. The summed E-state index contributed by atoms with van der Waals surface area (Å²) < 4.78 is 119. The summed E-state index contributed by atoms with van der Waals surface area (Å²) in [6.45, 7) is 0. The average molecular weight is 975 g/mol. The molecular formula is C44H36F6N12O8. The number of aromatic nitrogens is 8. The van der Waals surface area contributed by atoms with Crippen LogP contribution in [0.25, 0.3) is 21.8 Å². The van der Waals surface area contributed by atoms with Crippen LogP contribution in [0.15, 0.2) is 97.6 Å². The predicted octanol–water partition coefficient (Wildman–Crippen LogP) is 9.39. The summed E-state index contributed by atoms with van der Waals surface area (Å²) in [5.74, 6) is 0.234. The van der Waals surface area contributed by atoms with Gasteiger partial charge in [-0.15, -0.1) is 0 Å². The number of amides is 4. The number of aryl methyl sites for hydroxylation is 2. The third-order valence-electron chi connectivity index (χ3n) is 10.2. The Labute approximate surface area is 390 Å². The first kappa shape index (κ1) is 47.4. The number of hydrogen-bond donors (Lipinski definition) is 2. The Morgan fingerprint density at radius 2 is 1.03 bits per heavy atom. The van der Waals surface area contributed by atoms with Crippen LogP contribution in [0.1, 0.15) is 11.4 Å². The highest BCUT2D eigenvalue weighted by molar-refractivity contribution is 6.13. The van der Waals surface area contributed by atoms with E-state index in [1.807, 2.05) is 0 Å². The van der Waals surface area contributed by atoms with E-state index in [2.05, 4.69) is 40.8 Å². The molecule has 8 aromatic rings. The van der Waals surface area contributed by atoms with Crippen molar-refractivity contribution in [3.8, 4) is 46.3 Å². The summed E-state index contributed by atoms with van der Waals surface area (Å²) in [4.78, 5) is 46.8. The van der Waals surface area contributed by atoms with Gasteiger partial charge in [0.05, 0.1) is 61.6 Å². The van der Waals surface area contributed by atoms with Crippen molar-refractivity contribution in [1.29, 1.82) is 0 Å². The fraction of sp³-hybridized carbons (Fsp3) is 0.182. The number of hydrazine groups is 1. The molecule has 0 saturated heterocycles. The standard InChI is InChI=1S/C44H36F6N12O8/c1-59-36(44(48,49)50)20-37(58-59)55-41(63)61(23-9-7-11-25(13-23)69-39-27-15-31(65-3)33(67-5)17-29(27)51-21-53-39)62(42(64)56-38-19-35(43(45,46)47)57-60(38)2)24-10-8-12-26(14-24)70-40-28-16-32(66-4)34(68-6)18-30(28)52-22-54-40/h7-22H,1-6H3,(H,56,64)(H,55,58,63). The quantitative estimate of drug-likeness (QED) is 0.0864. The maximum Gasteiger partial charge on any atom is 0.435 e. The van der Waals surface area contributed by atoms with Crippen molar-refractivity contribution in [2.24, 2.45) is 14.1 Å². The number of benzene rings is 4. The van der Waals surface area contributed by atoms with Gasteiger partial charge in [-0.05, 0) is 36.4 Å². The highest BCUT2D eigenvalue weighted by atomic mass is 19.4. The van der Waals surface area contributed by atoms with E-state index in [-0.39, 0.29) is 34.6 Å². The van der Waals surface area contributed by atoms with Gasteiger partial charge in [-0.3, -0.25) is 20.0 Å². The molecule has 4 aromatic carbocycles. The third-order valence-corrected chi connectivity index (χ3v) is 10.2. The molecule has 0 aliphatic rings. The minimum atomic E-state index is -4.93. The molecule has 0 fully saturated rings. The van der Waals surface area contributed by atoms with Crippen molar-refractivity contribution in [1.82, 2.24) is 39.5 Å². The fourth-order valence-electron chi connectivity index (χ4n) is 6.95. The highest BCUT2D eigenvalue weighted by Crippen LogP contribution is 2.40. The number of nitrogens with zero attached hydrogens (tertiary/aromatic N) is 10. The molecule has 0 unspecified atom stereocenters. The average Bonchev–Trinajstić information content (AvgIpc) is 3.90. The van der Waals surface area contributed by atoms with Crippen molar-refractivity contribution < 1.29 is 64.4 Å². The van der Waals surface area contributed by atoms with Gasteiger partial charge in [-0.2, -0.15) is 46.6 Å². The van der Waals surface area contributed by atoms with Crippen molar-refractivity contribution in [2.75, 3.05) is 49.1 Å². The number of rotatable bonds is 12. The van der Waals surface area contributed by atoms with Crippen molar-refractivity contribution >= 4 is 56.9 Å². The summed E-state index contributed by atoms with van der Waals surface area (Å²) in [7, 11) is 7.86. The molecule has 8 rings (SSSR count). The summed E-state index contributed by atoms with van der Waals surface area (Å²) in [6.07, 6.45) is -7.39. The molecule has 4 aromatic heterocycles. The zero-order chi connectivity index (χ0) is 50.1. The Kier molecular flexibility index (Phi) is 12.8. The van der Waals surface area contributed by atoms with Crippen LogP contribution >= 0.6 is 0 Å². The van der Waals surface area contributed by atoms with Crippen molar-refractivity contribution in [2.45, 2.75) is 12.4 Å². The van der Waals surface area contributed by atoms with Crippen LogP contribution in [0, 0.1) is 0 Å². The lowest BCUT2D eigenvalue weighted by Gasteiger charge is -2.34. The molecule has 20 nitrogen and oxygen atoms in total. The van der Waals surface area contributed by atoms with Gasteiger partial charge in [0.25, 0.3) is 0 Å². The molecule has 0 atom stereocenters. The van der Waals surface area contributed by atoms with Crippen LogP contribution in [0.3, 0.4) is 0 Å². The summed E-state index contributed by atoms with van der Waals surface area (Å²) >= 11 is 0. The van der Waals surface area contributed by atoms with Crippen molar-refractivity contribution in [3.63, 3.8) is 0 Å². The molecule has 0 saturated carbocycles. The van der Waals surface area contributed by atoms with Crippen LogP contribution in [-0.2, 0) is 26.4 Å². The summed E-state index contributed by atoms with van der Waals surface area (Å²) in [5.41, 5.74) is -2.23. The van der Waals surface area contributed by atoms with Gasteiger partial charge in [0, 0.05) is 50.5 Å². The molecular weight excluding hydrogens is 939 g/mol. The number of urea groups is 2. The Bertz CT molecular complexity index is 3270. The van der Waals surface area contributed by atoms with Crippen LogP contribution in [0.5, 0.6) is 46.3 Å². The topological polar surface area (TPSA) is 207 Å². The largest absolute Gasteiger partial charge is 0.493 e. The van der Waals surface area contributed by atoms with Crippen molar-refractivity contribution in [3.05, 3.63) is 109 Å². The van der Waals surface area contributed by atoms with Gasteiger partial charge < -0.3 is 28.4 Å². The third kappa shape index (κ3) is 9.67. The van der Waals surface area contributed by atoms with Gasteiger partial charge in [0.2, 0.25) is 11.8 Å². The fourth-order valence-corrected chi connectivity index (χ4v) is 6.95. The van der Waals surface area contributed by atoms with E-state index < -0.39 is 47.4 Å². The lowest BCUT2D eigenvalue weighted by molar-refractivity contribution is -0.143. The second kappa shape index (κ2) is 18.9. The van der Waals surface area contributed by atoms with E-state index in [0.29, 0.717) is 71.6 Å². The van der Waals surface area contributed by atoms with E-state index in [0.717, 1.165) is 18.8 Å². The lowest BCUT2D eigenvalue weighted by atomic mass is 10.2. The number of anilines is 4. The van der Waals surface area contributed by atoms with Gasteiger partial charge in [0.1, 0.15) is 35.7 Å². The second-order valence-corrected chi connectivity index (χ2v) is 14.6. The van der Waals surface area contributed by atoms with E-state index in [9.17, 15) is 35.9 Å². The number of ether oxygens (including phenoxy) is 6. The molecule has 0 spiro atoms. The van der Waals surface area contributed by atoms with E-state index in [1.165, 1.54) is 89.6 Å². The Hall–Kier alpha value is -9.10. The number of carbonyl (C=O) groups excluding carboxylic acids is 2. The monoisotopic (exact) mass is 974 g/mol. The molecule has 70 heavy (non-hydrogen) atoms. The first-order valence-electron chi connectivity index (χ1n) is 20.1. The number of alkyl halides is 6. The molecule has 362 valence electrons. The number of fused-ring (bicyclic) bond motifs is 2. The van der Waals surface area contributed by atoms with Crippen LogP contribution in [-0.4, -0.2) is 80.0 Å². The highest BCUT2D eigenvalue weighted by Gasteiger charge is 2.38. The maximum atomic E-state index is 14.8. The van der Waals surface area contributed by atoms with Gasteiger partial charge >= 0.3 is 24.4 Å². The Balaban J connectivity index is 1.27. The van der Waals surface area contributed by atoms with Gasteiger partial charge in [0.15, 0.2) is 34.5 Å². The minimum absolute atomic E-state index is 0.00273. The number of hydrogen-bond acceptors (Lipinski definition) is 14. The molecule has 26 heteroatoms. The number of methoxy groups -OCH3 is 4. The molecule has 0 bridgehead atoms. The van der Waals surface area contributed by atoms with Gasteiger partial charge in [-0.25, -0.2) is 29.5 Å². The predicted molar refractivity (Wildman–Crippen MR) is 238 cm³/mol. The lowest BCUT2D eigenvalue weighted by Crippen LogP contribution is -2.54. The Morgan fingerprint density at radius 3 is 1.46 bits per heavy atom. The van der Waals surface area contributed by atoms with E-state index in [4.69, 9.17) is 28.4 Å². The molecule has 0 aliphatic heterocycles. The first-order chi connectivity index (χ1) is 33.4. The van der Waals surface area contributed by atoms with Crippen LogP contribution in [0.2, 0.25) is 0 Å². The van der Waals surface area contributed by atoms with E-state index in [1.54, 1.807) is 24.3 Å². The molecule has 0 radical (unpaired) electrons. The molecule has 2 N–H and O–H groups in total. The van der Waals surface area contributed by atoms with E-state index >= 15 is 0 Å². The zero-order valence-corrected chi connectivity index (χ0v) is 37.2. The molecule has 4 amide bonds. The second-order valence-electron chi connectivity index (χ2n) is 14.6. The zero-order valence-electron chi connectivity index (χ0n) is 37.2. The molecule has 4 heterocycles. The maximum absolute atomic E-state index is 14.8. The normalized spacial score (nSPS) is 11.5. The number of halogens is 6. The van der Waals surface area contributed by atoms with Crippen LogP contribution in [0.4, 0.5) is 58.9 Å². The molecule has 0 aliphatic carbocycles. The number of nitrogens with one attached hydrogen (secondary N) is 2. The SMILES string of the molecule is COc1cc2ncnc(Oc3cccc(N(C(=O)Nc4cc(C(F)(F)F)n(C)n4)N(C(=O)Nc4cc(C(F)(F)F)nn4C)c4cccc(Oc5ncnc6cc(OC)c(OC)cc56)c4)c3)c2cc1OC. The number of carbonyl (C=O) groups is 2. The van der Waals surface area contributed by atoms with Crippen LogP contribution < -0.4 is 49.1 Å². The van der Waals surface area contributed by atoms with Gasteiger partial charge in [-0.1, -0.05) is 12.1 Å². The smallest absolute Gasteiger partial charge is 0.435 e. The summed E-state index contributed by atoms with van der Waals surface area (Å²) in [6, 6.07) is 15.8. The first-order valence-corrected chi connectivity index (χ1v) is 20.1. The minimum Gasteiger partial charge on any atom is -0.493 e.